The van der Waals surface area contributed by atoms with Gasteiger partial charge in [-0.3, -0.25) is 4.79 Å². The van der Waals surface area contributed by atoms with Gasteiger partial charge in [0.2, 0.25) is 0 Å². The van der Waals surface area contributed by atoms with E-state index in [4.69, 9.17) is 9.47 Å². The highest BCUT2D eigenvalue weighted by atomic mass is 16.5. The Morgan fingerprint density at radius 1 is 1.00 bits per heavy atom. The number of aromatic nitrogens is 1. The Morgan fingerprint density at radius 3 is 2.38 bits per heavy atom. The molecular formula is C19H17NO4. The number of esters is 1. The Kier molecular flexibility index (Phi) is 4.33. The minimum absolute atomic E-state index is 0.0842. The van der Waals surface area contributed by atoms with Crippen molar-refractivity contribution in [2.45, 2.75) is 6.92 Å². The second kappa shape index (κ2) is 6.58. The number of ketones is 1. The van der Waals surface area contributed by atoms with Crippen LogP contribution < -0.4 is 4.74 Å². The number of ether oxygens (including phenoxy) is 2. The summed E-state index contributed by atoms with van der Waals surface area (Å²) in [6.07, 6.45) is 3.49. The van der Waals surface area contributed by atoms with E-state index >= 15 is 0 Å². The summed E-state index contributed by atoms with van der Waals surface area (Å²) < 4.78 is 11.9. The smallest absolute Gasteiger partial charge is 0.338 e. The molecule has 0 saturated heterocycles. The lowest BCUT2D eigenvalue weighted by Crippen LogP contribution is -2.04. The van der Waals surface area contributed by atoms with Crippen molar-refractivity contribution in [3.05, 3.63) is 71.5 Å². The third-order valence-electron chi connectivity index (χ3n) is 3.72. The highest BCUT2D eigenvalue weighted by Crippen LogP contribution is 2.18. The minimum Gasteiger partial charge on any atom is -0.497 e. The zero-order chi connectivity index (χ0) is 17.1. The largest absolute Gasteiger partial charge is 0.497 e. The zero-order valence-electron chi connectivity index (χ0n) is 13.5. The van der Waals surface area contributed by atoms with Gasteiger partial charge >= 0.3 is 5.97 Å². The zero-order valence-corrected chi connectivity index (χ0v) is 13.5. The van der Waals surface area contributed by atoms with Crippen molar-refractivity contribution in [1.29, 1.82) is 0 Å². The molecule has 0 N–H and O–H groups in total. The van der Waals surface area contributed by atoms with E-state index in [1.54, 1.807) is 73.3 Å². The maximum absolute atomic E-state index is 12.6. The summed E-state index contributed by atoms with van der Waals surface area (Å²) in [5, 5.41) is 0. The highest BCUT2D eigenvalue weighted by molar-refractivity contribution is 6.09. The first-order valence-corrected chi connectivity index (χ1v) is 7.60. The van der Waals surface area contributed by atoms with Crippen molar-refractivity contribution in [2.75, 3.05) is 13.7 Å². The van der Waals surface area contributed by atoms with E-state index in [2.05, 4.69) is 0 Å². The molecule has 3 rings (SSSR count). The van der Waals surface area contributed by atoms with Crippen molar-refractivity contribution in [3.8, 4) is 5.75 Å². The third-order valence-corrected chi connectivity index (χ3v) is 3.72. The van der Waals surface area contributed by atoms with Gasteiger partial charge in [0.05, 0.1) is 19.3 Å². The van der Waals surface area contributed by atoms with Crippen LogP contribution in [0.4, 0.5) is 0 Å². The molecule has 0 amide bonds. The average Bonchev–Trinajstić information content (AvgIpc) is 3.04. The number of nitrogens with zero attached hydrogens (tertiary/aromatic N) is 1. The van der Waals surface area contributed by atoms with Crippen LogP contribution in [0.3, 0.4) is 0 Å². The number of rotatable bonds is 5. The lowest BCUT2D eigenvalue weighted by atomic mass is 10.1. The molecule has 24 heavy (non-hydrogen) atoms. The van der Waals surface area contributed by atoms with Gasteiger partial charge in [0.25, 0.3) is 0 Å². The van der Waals surface area contributed by atoms with Crippen LogP contribution in [-0.4, -0.2) is 29.9 Å². The van der Waals surface area contributed by atoms with Crippen LogP contribution >= 0.6 is 0 Å². The van der Waals surface area contributed by atoms with Gasteiger partial charge in [-0.05, 0) is 49.4 Å². The summed E-state index contributed by atoms with van der Waals surface area (Å²) in [4.78, 5) is 24.4. The van der Waals surface area contributed by atoms with Gasteiger partial charge in [-0.2, -0.15) is 0 Å². The van der Waals surface area contributed by atoms with Gasteiger partial charge in [-0.1, -0.05) is 0 Å². The summed E-state index contributed by atoms with van der Waals surface area (Å²) in [5.74, 6) is 0.246. The molecule has 5 nitrogen and oxygen atoms in total. The summed E-state index contributed by atoms with van der Waals surface area (Å²) in [7, 11) is 1.58. The molecule has 122 valence electrons. The van der Waals surface area contributed by atoms with Gasteiger partial charge in [-0.15, -0.1) is 0 Å². The molecule has 3 aromatic rings. The average molecular weight is 323 g/mol. The summed E-state index contributed by atoms with van der Waals surface area (Å²) in [6.45, 7) is 2.09. The van der Waals surface area contributed by atoms with Gasteiger partial charge in [0.15, 0.2) is 5.78 Å². The van der Waals surface area contributed by atoms with Crippen LogP contribution in [0.25, 0.3) is 5.52 Å². The topological polar surface area (TPSA) is 57.0 Å². The van der Waals surface area contributed by atoms with Crippen molar-refractivity contribution in [3.63, 3.8) is 0 Å². The third kappa shape index (κ3) is 3.01. The van der Waals surface area contributed by atoms with E-state index in [0.717, 1.165) is 5.52 Å². The Bertz CT molecular complexity index is 893. The van der Waals surface area contributed by atoms with E-state index in [0.29, 0.717) is 29.0 Å². The molecule has 1 aromatic carbocycles. The van der Waals surface area contributed by atoms with E-state index in [1.165, 1.54) is 0 Å². The molecule has 0 aliphatic carbocycles. The predicted octanol–water partition coefficient (Wildman–Crippen LogP) is 3.36. The maximum atomic E-state index is 12.6. The lowest BCUT2D eigenvalue weighted by molar-refractivity contribution is 0.0526. The number of pyridine rings is 1. The van der Waals surface area contributed by atoms with E-state index in [-0.39, 0.29) is 11.8 Å². The van der Waals surface area contributed by atoms with Gasteiger partial charge in [0, 0.05) is 29.0 Å². The Morgan fingerprint density at radius 2 is 1.71 bits per heavy atom. The standard InChI is InChI=1S/C19H17NO4/c1-3-24-19(22)14-8-9-20-12-15(11-16(20)10-14)18(21)13-4-6-17(23-2)7-5-13/h4-12H,3H2,1-2H3. The fourth-order valence-corrected chi connectivity index (χ4v) is 2.48. The minimum atomic E-state index is -0.371. The van der Waals surface area contributed by atoms with E-state index in [9.17, 15) is 9.59 Å². The molecule has 0 aliphatic heterocycles. The summed E-state index contributed by atoms with van der Waals surface area (Å²) in [6, 6.07) is 12.1. The number of methoxy groups -OCH3 is 1. The Balaban J connectivity index is 1.91. The first-order chi connectivity index (χ1) is 11.6. The fourth-order valence-electron chi connectivity index (χ4n) is 2.48. The number of hydrogen-bond acceptors (Lipinski definition) is 4. The number of benzene rings is 1. The fraction of sp³-hybridized carbons (Fsp3) is 0.158. The van der Waals surface area contributed by atoms with Crippen molar-refractivity contribution in [2.24, 2.45) is 0 Å². The molecule has 0 unspecified atom stereocenters. The molecule has 5 heteroatoms. The number of carbonyl (C=O) groups excluding carboxylic acids is 2. The molecule has 2 heterocycles. The van der Waals surface area contributed by atoms with E-state index < -0.39 is 0 Å². The Labute approximate surface area is 139 Å². The molecule has 0 spiro atoms. The first-order valence-electron chi connectivity index (χ1n) is 7.60. The van der Waals surface area contributed by atoms with Crippen molar-refractivity contribution in [1.82, 2.24) is 4.40 Å². The second-order valence-corrected chi connectivity index (χ2v) is 5.25. The first kappa shape index (κ1) is 15.8. The SMILES string of the molecule is CCOC(=O)c1ccn2cc(C(=O)c3ccc(OC)cc3)cc2c1. The van der Waals surface area contributed by atoms with Crippen LogP contribution in [0.5, 0.6) is 5.75 Å². The molecule has 2 aromatic heterocycles. The molecule has 0 atom stereocenters. The monoisotopic (exact) mass is 323 g/mol. The van der Waals surface area contributed by atoms with Gasteiger partial charge in [-0.25, -0.2) is 4.79 Å². The van der Waals surface area contributed by atoms with Gasteiger partial charge < -0.3 is 13.9 Å². The van der Waals surface area contributed by atoms with Crippen LogP contribution in [-0.2, 0) is 4.74 Å². The summed E-state index contributed by atoms with van der Waals surface area (Å²) in [5.41, 5.74) is 2.36. The van der Waals surface area contributed by atoms with Crippen LogP contribution in [0, 0.1) is 0 Å². The van der Waals surface area contributed by atoms with Gasteiger partial charge in [0.1, 0.15) is 5.75 Å². The quantitative estimate of drug-likeness (QED) is 0.534. The number of hydrogen-bond donors (Lipinski definition) is 0. The normalized spacial score (nSPS) is 10.6. The number of fused-ring (bicyclic) bond motifs is 1. The second-order valence-electron chi connectivity index (χ2n) is 5.25. The van der Waals surface area contributed by atoms with E-state index in [1.807, 2.05) is 0 Å². The number of carbonyl (C=O) groups is 2. The molecular weight excluding hydrogens is 306 g/mol. The molecule has 0 saturated carbocycles. The highest BCUT2D eigenvalue weighted by Gasteiger charge is 2.13. The molecule has 0 bridgehead atoms. The predicted molar refractivity (Wildman–Crippen MR) is 89.8 cm³/mol. The molecule has 0 aliphatic rings. The van der Waals surface area contributed by atoms with Crippen LogP contribution in [0.15, 0.2) is 54.9 Å². The van der Waals surface area contributed by atoms with Crippen LogP contribution in [0.2, 0.25) is 0 Å². The summed E-state index contributed by atoms with van der Waals surface area (Å²) >= 11 is 0. The van der Waals surface area contributed by atoms with Crippen molar-refractivity contribution >= 4 is 17.3 Å². The molecule has 0 fully saturated rings. The molecule has 0 radical (unpaired) electrons. The van der Waals surface area contributed by atoms with Crippen molar-refractivity contribution < 1.29 is 19.1 Å². The Hall–Kier alpha value is -3.08. The maximum Gasteiger partial charge on any atom is 0.338 e. The lowest BCUT2D eigenvalue weighted by Gasteiger charge is -2.02. The van der Waals surface area contributed by atoms with Crippen LogP contribution in [0.1, 0.15) is 33.2 Å².